The van der Waals surface area contributed by atoms with Gasteiger partial charge in [-0.1, -0.05) is 0 Å². The monoisotopic (exact) mass is 154 g/mol. The van der Waals surface area contributed by atoms with Crippen LogP contribution in [0.4, 0.5) is 13.2 Å². The van der Waals surface area contributed by atoms with Gasteiger partial charge in [-0.25, -0.2) is 0 Å². The van der Waals surface area contributed by atoms with Crippen molar-refractivity contribution in [1.29, 1.82) is 0 Å². The molecule has 0 aromatic heterocycles. The summed E-state index contributed by atoms with van der Waals surface area (Å²) in [5.74, 6) is -0.951. The van der Waals surface area contributed by atoms with Crippen molar-refractivity contribution in [3.8, 4) is 0 Å². The lowest BCUT2D eigenvalue weighted by molar-refractivity contribution is -0.147. The van der Waals surface area contributed by atoms with Crippen LogP contribution < -0.4 is 0 Å². The summed E-state index contributed by atoms with van der Waals surface area (Å²) in [6.07, 6.45) is -2.44. The predicted octanol–water partition coefficient (Wildman–Crippen LogP) is 2.16. The summed E-state index contributed by atoms with van der Waals surface area (Å²) in [7, 11) is 0. The van der Waals surface area contributed by atoms with Crippen LogP contribution in [0.1, 0.15) is 19.8 Å². The van der Waals surface area contributed by atoms with E-state index >= 15 is 0 Å². The molecule has 4 heteroatoms. The first-order valence-electron chi connectivity index (χ1n) is 2.99. The smallest absolute Gasteiger partial charge is 0.304 e. The van der Waals surface area contributed by atoms with E-state index in [-0.39, 0.29) is 0 Å². The zero-order chi connectivity index (χ0) is 8.20. The van der Waals surface area contributed by atoms with Gasteiger partial charge in [0.25, 0.3) is 0 Å². The quantitative estimate of drug-likeness (QED) is 0.488. The van der Waals surface area contributed by atoms with Crippen LogP contribution in [-0.4, -0.2) is 12.5 Å². The van der Waals surface area contributed by atoms with Crippen molar-refractivity contribution < 1.29 is 18.0 Å². The fourth-order valence-electron chi connectivity index (χ4n) is 0.411. The lowest BCUT2D eigenvalue weighted by atomic mass is 10.4. The van der Waals surface area contributed by atoms with Crippen LogP contribution in [0.2, 0.25) is 0 Å². The SMILES string of the molecule is CC=O.FC(F)(F)C1CC1. The van der Waals surface area contributed by atoms with Crippen molar-refractivity contribution in [3.05, 3.63) is 0 Å². The molecule has 1 aliphatic carbocycles. The lowest BCUT2D eigenvalue weighted by Crippen LogP contribution is -2.08. The van der Waals surface area contributed by atoms with Gasteiger partial charge in [-0.15, -0.1) is 0 Å². The standard InChI is InChI=1S/C4H5F3.C2H4O/c5-4(6,7)3-1-2-3;1-2-3/h3H,1-2H2;2H,1H3. The van der Waals surface area contributed by atoms with Crippen LogP contribution in [0.3, 0.4) is 0 Å². The number of hydrogen-bond donors (Lipinski definition) is 0. The Labute approximate surface area is 57.2 Å². The molecule has 0 saturated heterocycles. The van der Waals surface area contributed by atoms with Gasteiger partial charge in [-0.3, -0.25) is 0 Å². The van der Waals surface area contributed by atoms with Crippen molar-refractivity contribution in [1.82, 2.24) is 0 Å². The highest BCUT2D eigenvalue weighted by Gasteiger charge is 2.46. The van der Waals surface area contributed by atoms with E-state index in [0.29, 0.717) is 12.8 Å². The van der Waals surface area contributed by atoms with Crippen LogP contribution in [0.5, 0.6) is 0 Å². The second-order valence-corrected chi connectivity index (χ2v) is 2.05. The van der Waals surface area contributed by atoms with Crippen LogP contribution in [0.25, 0.3) is 0 Å². The van der Waals surface area contributed by atoms with E-state index in [1.807, 2.05) is 0 Å². The van der Waals surface area contributed by atoms with E-state index < -0.39 is 12.1 Å². The van der Waals surface area contributed by atoms with E-state index in [4.69, 9.17) is 4.79 Å². The average Bonchev–Trinajstić information content (AvgIpc) is 2.40. The molecule has 0 aliphatic heterocycles. The van der Waals surface area contributed by atoms with E-state index in [9.17, 15) is 13.2 Å². The average molecular weight is 154 g/mol. The minimum atomic E-state index is -3.89. The molecule has 10 heavy (non-hydrogen) atoms. The van der Waals surface area contributed by atoms with E-state index in [1.54, 1.807) is 0 Å². The van der Waals surface area contributed by atoms with Crippen LogP contribution in [0.15, 0.2) is 0 Å². The third kappa shape index (κ3) is 4.35. The van der Waals surface area contributed by atoms with E-state index in [2.05, 4.69) is 0 Å². The fourth-order valence-corrected chi connectivity index (χ4v) is 0.411. The van der Waals surface area contributed by atoms with Gasteiger partial charge in [-0.05, 0) is 19.8 Å². The Morgan fingerprint density at radius 2 is 1.70 bits per heavy atom. The Balaban J connectivity index is 0.000000236. The maximum absolute atomic E-state index is 11.2. The molecule has 0 radical (unpaired) electrons. The summed E-state index contributed by atoms with van der Waals surface area (Å²) in [6.45, 7) is 1.44. The molecule has 1 aliphatic rings. The third-order valence-electron chi connectivity index (χ3n) is 1.04. The first-order chi connectivity index (χ1) is 4.52. The molecule has 0 bridgehead atoms. The van der Waals surface area contributed by atoms with Gasteiger partial charge < -0.3 is 4.79 Å². The second kappa shape index (κ2) is 3.58. The number of carbonyl (C=O) groups excluding carboxylic acids is 1. The van der Waals surface area contributed by atoms with Gasteiger partial charge >= 0.3 is 6.18 Å². The van der Waals surface area contributed by atoms with Gasteiger partial charge in [-0.2, -0.15) is 13.2 Å². The second-order valence-electron chi connectivity index (χ2n) is 2.05. The summed E-state index contributed by atoms with van der Waals surface area (Å²) < 4.78 is 33.7. The van der Waals surface area contributed by atoms with E-state index in [1.165, 1.54) is 6.92 Å². The Morgan fingerprint density at radius 1 is 1.40 bits per heavy atom. The number of aldehydes is 1. The number of halogens is 3. The highest BCUT2D eigenvalue weighted by molar-refractivity contribution is 5.44. The topological polar surface area (TPSA) is 17.1 Å². The lowest BCUT2D eigenvalue weighted by Gasteiger charge is -1.99. The molecule has 1 saturated carbocycles. The van der Waals surface area contributed by atoms with Crippen molar-refractivity contribution in [3.63, 3.8) is 0 Å². The number of carbonyl (C=O) groups is 1. The molecule has 0 amide bonds. The summed E-state index contributed by atoms with van der Waals surface area (Å²) in [6, 6.07) is 0. The Kier molecular flexibility index (Phi) is 3.39. The zero-order valence-corrected chi connectivity index (χ0v) is 5.61. The Morgan fingerprint density at radius 3 is 1.70 bits per heavy atom. The van der Waals surface area contributed by atoms with Crippen LogP contribution >= 0.6 is 0 Å². The molecular weight excluding hydrogens is 145 g/mol. The minimum Gasteiger partial charge on any atom is -0.304 e. The van der Waals surface area contributed by atoms with Crippen LogP contribution in [-0.2, 0) is 4.79 Å². The predicted molar refractivity (Wildman–Crippen MR) is 30.5 cm³/mol. The summed E-state index contributed by atoms with van der Waals surface area (Å²) >= 11 is 0. The summed E-state index contributed by atoms with van der Waals surface area (Å²) in [5, 5.41) is 0. The molecule has 1 rings (SSSR count). The highest BCUT2D eigenvalue weighted by atomic mass is 19.4. The fraction of sp³-hybridized carbons (Fsp3) is 0.833. The molecule has 0 atom stereocenters. The van der Waals surface area contributed by atoms with Crippen LogP contribution in [0, 0.1) is 5.92 Å². The molecule has 0 heterocycles. The maximum atomic E-state index is 11.2. The molecule has 60 valence electrons. The number of hydrogen-bond acceptors (Lipinski definition) is 1. The zero-order valence-electron chi connectivity index (χ0n) is 5.61. The van der Waals surface area contributed by atoms with Crippen molar-refractivity contribution in [2.45, 2.75) is 25.9 Å². The normalized spacial score (nSPS) is 17.2. The Bertz CT molecular complexity index is 104. The van der Waals surface area contributed by atoms with Gasteiger partial charge in [0.1, 0.15) is 6.29 Å². The summed E-state index contributed by atoms with van der Waals surface area (Å²) in [5.41, 5.74) is 0. The first-order valence-corrected chi connectivity index (χ1v) is 2.99. The van der Waals surface area contributed by atoms with Gasteiger partial charge in [0.2, 0.25) is 0 Å². The Hall–Kier alpha value is -0.540. The number of alkyl halides is 3. The molecule has 1 nitrogen and oxygen atoms in total. The molecule has 0 spiro atoms. The maximum Gasteiger partial charge on any atom is 0.391 e. The van der Waals surface area contributed by atoms with Crippen molar-refractivity contribution in [2.75, 3.05) is 0 Å². The van der Waals surface area contributed by atoms with Gasteiger partial charge in [0.15, 0.2) is 0 Å². The number of rotatable bonds is 0. The molecular formula is C6H9F3O. The van der Waals surface area contributed by atoms with Crippen molar-refractivity contribution >= 4 is 6.29 Å². The molecule has 0 aromatic carbocycles. The molecule has 0 unspecified atom stereocenters. The summed E-state index contributed by atoms with van der Waals surface area (Å²) in [4.78, 5) is 8.81. The largest absolute Gasteiger partial charge is 0.391 e. The molecule has 0 aromatic rings. The highest BCUT2D eigenvalue weighted by Crippen LogP contribution is 2.43. The first kappa shape index (κ1) is 9.46. The molecule has 1 fully saturated rings. The molecule has 0 N–H and O–H groups in total. The van der Waals surface area contributed by atoms with Gasteiger partial charge in [0.05, 0.1) is 5.92 Å². The van der Waals surface area contributed by atoms with Gasteiger partial charge in [0, 0.05) is 0 Å². The minimum absolute atomic E-state index is 0.351. The third-order valence-corrected chi connectivity index (χ3v) is 1.04. The van der Waals surface area contributed by atoms with E-state index in [0.717, 1.165) is 6.29 Å². The van der Waals surface area contributed by atoms with Crippen molar-refractivity contribution in [2.24, 2.45) is 5.92 Å².